The van der Waals surface area contributed by atoms with Crippen LogP contribution in [0.15, 0.2) is 72.8 Å². The molecule has 1 aliphatic carbocycles. The van der Waals surface area contributed by atoms with Crippen LogP contribution >= 0.6 is 0 Å². The molecule has 1 saturated carbocycles. The molecule has 0 radical (unpaired) electrons. The van der Waals surface area contributed by atoms with Crippen LogP contribution < -0.4 is 21.3 Å². The Morgan fingerprint density at radius 2 is 1.59 bits per heavy atom. The topological polar surface area (TPSA) is 183 Å². The van der Waals surface area contributed by atoms with Gasteiger partial charge in [-0.05, 0) is 137 Å². The highest BCUT2D eigenvalue weighted by Gasteiger charge is 2.30. The number of hydrogen-bond acceptors (Lipinski definition) is 9. The number of alkyl carbamates (subject to hydrolysis) is 1. The van der Waals surface area contributed by atoms with Crippen LogP contribution in [-0.4, -0.2) is 93.7 Å². The third-order valence-electron chi connectivity index (χ3n) is 10.3. The van der Waals surface area contributed by atoms with Crippen molar-refractivity contribution in [3.8, 4) is 22.5 Å². The molecule has 6 rings (SSSR count). The van der Waals surface area contributed by atoms with Gasteiger partial charge in [0.15, 0.2) is 0 Å². The third-order valence-corrected chi connectivity index (χ3v) is 10.3. The number of aromatic amines is 1. The van der Waals surface area contributed by atoms with Crippen molar-refractivity contribution in [3.63, 3.8) is 0 Å². The molecule has 2 fully saturated rings. The average molecular weight is 764 g/mol. The summed E-state index contributed by atoms with van der Waals surface area (Å²) in [5, 5.41) is 26.0. The van der Waals surface area contributed by atoms with Gasteiger partial charge in [-0.3, -0.25) is 14.4 Å². The van der Waals surface area contributed by atoms with E-state index >= 15 is 0 Å². The zero-order valence-corrected chi connectivity index (χ0v) is 32.5. The van der Waals surface area contributed by atoms with Gasteiger partial charge in [0, 0.05) is 48.8 Å². The molecule has 0 bridgehead atoms. The first-order valence-corrected chi connectivity index (χ1v) is 19.6. The molecule has 2 aliphatic rings. The summed E-state index contributed by atoms with van der Waals surface area (Å²) in [6.45, 7) is 9.58. The molecule has 1 aromatic heterocycles. The number of carbonyl (C=O) groups is 4. The lowest BCUT2D eigenvalue weighted by molar-refractivity contribution is -0.130. The van der Waals surface area contributed by atoms with E-state index in [0.717, 1.165) is 54.7 Å². The van der Waals surface area contributed by atoms with E-state index < -0.39 is 17.7 Å². The van der Waals surface area contributed by atoms with Crippen LogP contribution in [0.25, 0.3) is 22.5 Å². The van der Waals surface area contributed by atoms with E-state index in [1.54, 1.807) is 24.3 Å². The van der Waals surface area contributed by atoms with E-state index in [4.69, 9.17) is 4.74 Å². The van der Waals surface area contributed by atoms with Crippen molar-refractivity contribution >= 4 is 29.5 Å². The summed E-state index contributed by atoms with van der Waals surface area (Å²) >= 11 is 0. The van der Waals surface area contributed by atoms with Gasteiger partial charge in [-0.2, -0.15) is 5.21 Å². The van der Waals surface area contributed by atoms with Gasteiger partial charge in [0.1, 0.15) is 11.6 Å². The number of nitrogens with one attached hydrogen (secondary N) is 5. The van der Waals surface area contributed by atoms with Crippen LogP contribution in [0.3, 0.4) is 0 Å². The number of tetrazole rings is 1. The predicted molar refractivity (Wildman–Crippen MR) is 213 cm³/mol. The SMILES string of the molecule is CC(C)(C)OC(=O)NCC1CCC(C(=O)N[C@@H](Cc2cccc(-c3cccc(C(=O)NCCN4CCCC4)c3)c2)C(=O)Nc2ccc(-c3nn[nH]n3)cc2)CC1. The molecule has 296 valence electrons. The quantitative estimate of drug-likeness (QED) is 0.113. The number of benzene rings is 3. The number of hydrogen-bond donors (Lipinski definition) is 5. The number of carbonyl (C=O) groups excluding carboxylic acids is 4. The molecule has 4 amide bonds. The second-order valence-corrected chi connectivity index (χ2v) is 15.8. The number of aromatic nitrogens is 4. The Morgan fingerprint density at radius 3 is 2.29 bits per heavy atom. The molecule has 1 aliphatic heterocycles. The lowest BCUT2D eigenvalue weighted by Crippen LogP contribution is -2.48. The summed E-state index contributed by atoms with van der Waals surface area (Å²) in [5.74, 6) is -0.210. The second-order valence-electron chi connectivity index (χ2n) is 15.8. The Kier molecular flexibility index (Phi) is 13.4. The van der Waals surface area contributed by atoms with Crippen LogP contribution in [0.5, 0.6) is 0 Å². The maximum Gasteiger partial charge on any atom is 0.407 e. The Bertz CT molecular complexity index is 1930. The smallest absolute Gasteiger partial charge is 0.407 e. The lowest BCUT2D eigenvalue weighted by atomic mass is 9.81. The van der Waals surface area contributed by atoms with Gasteiger partial charge in [0.25, 0.3) is 5.91 Å². The summed E-state index contributed by atoms with van der Waals surface area (Å²) in [7, 11) is 0. The zero-order valence-electron chi connectivity index (χ0n) is 32.5. The number of amides is 4. The fourth-order valence-electron chi connectivity index (χ4n) is 7.27. The van der Waals surface area contributed by atoms with Crippen LogP contribution in [0.4, 0.5) is 10.5 Å². The molecular weight excluding hydrogens is 711 g/mol. The predicted octanol–water partition coefficient (Wildman–Crippen LogP) is 5.36. The summed E-state index contributed by atoms with van der Waals surface area (Å²) in [4.78, 5) is 55.2. The van der Waals surface area contributed by atoms with Gasteiger partial charge >= 0.3 is 6.09 Å². The van der Waals surface area contributed by atoms with Crippen molar-refractivity contribution in [2.24, 2.45) is 11.8 Å². The highest BCUT2D eigenvalue weighted by molar-refractivity contribution is 5.98. The molecule has 4 aromatic rings. The molecule has 5 N–H and O–H groups in total. The summed E-state index contributed by atoms with van der Waals surface area (Å²) in [6.07, 6.45) is 5.07. The Morgan fingerprint density at radius 1 is 0.875 bits per heavy atom. The van der Waals surface area contributed by atoms with Crippen LogP contribution in [-0.2, 0) is 20.7 Å². The Balaban J connectivity index is 1.11. The summed E-state index contributed by atoms with van der Waals surface area (Å²) in [6, 6.07) is 21.6. The minimum Gasteiger partial charge on any atom is -0.444 e. The molecular formula is C42H53N9O5. The van der Waals surface area contributed by atoms with Crippen molar-refractivity contribution in [3.05, 3.63) is 83.9 Å². The minimum absolute atomic E-state index is 0.111. The number of H-pyrrole nitrogens is 1. The number of likely N-dealkylation sites (tertiary alicyclic amines) is 1. The Hall–Kier alpha value is -5.63. The van der Waals surface area contributed by atoms with Crippen LogP contribution in [0.2, 0.25) is 0 Å². The first-order valence-electron chi connectivity index (χ1n) is 19.6. The van der Waals surface area contributed by atoms with Crippen molar-refractivity contribution in [1.29, 1.82) is 0 Å². The second kappa shape index (κ2) is 18.8. The van der Waals surface area contributed by atoms with Gasteiger partial charge < -0.3 is 30.9 Å². The van der Waals surface area contributed by atoms with Gasteiger partial charge in [0.2, 0.25) is 17.6 Å². The minimum atomic E-state index is -0.867. The largest absolute Gasteiger partial charge is 0.444 e. The number of ether oxygens (including phenoxy) is 1. The maximum atomic E-state index is 13.9. The van der Waals surface area contributed by atoms with E-state index in [1.807, 2.05) is 69.3 Å². The normalized spacial score (nSPS) is 17.8. The monoisotopic (exact) mass is 763 g/mol. The van der Waals surface area contributed by atoms with Crippen molar-refractivity contribution in [2.45, 2.75) is 77.4 Å². The van der Waals surface area contributed by atoms with Gasteiger partial charge in [-0.1, -0.05) is 36.4 Å². The van der Waals surface area contributed by atoms with Gasteiger partial charge in [-0.25, -0.2) is 4.79 Å². The molecule has 14 nitrogen and oxygen atoms in total. The Labute approximate surface area is 327 Å². The third kappa shape index (κ3) is 11.7. The van der Waals surface area contributed by atoms with Gasteiger partial charge in [-0.15, -0.1) is 10.2 Å². The summed E-state index contributed by atoms with van der Waals surface area (Å²) < 4.78 is 5.36. The fraction of sp³-hybridized carbons (Fsp3) is 0.452. The zero-order chi connectivity index (χ0) is 39.5. The molecule has 0 spiro atoms. The first kappa shape index (κ1) is 40.0. The molecule has 3 aromatic carbocycles. The standard InChI is InChI=1S/C42H53N9O5/c1-42(2,3)56-41(55)44-27-28-12-14-31(15-13-28)39(53)46-36(40(54)45-35-18-16-30(17-19-35)37-47-49-50-48-37)25-29-8-6-9-32(24-29)33-10-7-11-34(26-33)38(52)43-20-23-51-21-4-5-22-51/h6-11,16-19,24,26,28,31,36H,4-5,12-15,20-23,25,27H2,1-3H3,(H,43,52)(H,44,55)(H,45,54)(H,46,53)(H,47,48,49,50)/t28?,31?,36-/m0/s1. The highest BCUT2D eigenvalue weighted by Crippen LogP contribution is 2.29. The number of nitrogens with zero attached hydrogens (tertiary/aromatic N) is 4. The molecule has 56 heavy (non-hydrogen) atoms. The highest BCUT2D eigenvalue weighted by atomic mass is 16.6. The van der Waals surface area contributed by atoms with E-state index in [0.29, 0.717) is 43.0 Å². The first-order chi connectivity index (χ1) is 27.0. The lowest BCUT2D eigenvalue weighted by Gasteiger charge is -2.29. The van der Waals surface area contributed by atoms with Crippen molar-refractivity contribution in [1.82, 2.24) is 41.5 Å². The van der Waals surface area contributed by atoms with E-state index in [1.165, 1.54) is 12.8 Å². The van der Waals surface area contributed by atoms with E-state index in [2.05, 4.69) is 46.8 Å². The van der Waals surface area contributed by atoms with Gasteiger partial charge in [0.05, 0.1) is 0 Å². The van der Waals surface area contributed by atoms with Crippen LogP contribution in [0, 0.1) is 11.8 Å². The molecule has 1 atom stereocenters. The van der Waals surface area contributed by atoms with Crippen molar-refractivity contribution < 1.29 is 23.9 Å². The van der Waals surface area contributed by atoms with E-state index in [-0.39, 0.29) is 36.0 Å². The number of rotatable bonds is 14. The molecule has 2 heterocycles. The van der Waals surface area contributed by atoms with Crippen LogP contribution in [0.1, 0.15) is 75.2 Å². The molecule has 1 saturated heterocycles. The maximum absolute atomic E-state index is 13.9. The van der Waals surface area contributed by atoms with E-state index in [9.17, 15) is 19.2 Å². The number of anilines is 1. The van der Waals surface area contributed by atoms with Crippen molar-refractivity contribution in [2.75, 3.05) is 38.0 Å². The summed E-state index contributed by atoms with van der Waals surface area (Å²) in [5.41, 5.74) is 3.94. The average Bonchev–Trinajstić information content (AvgIpc) is 3.93. The fourth-order valence-corrected chi connectivity index (χ4v) is 7.27. The molecule has 0 unspecified atom stereocenters. The molecule has 14 heteroatoms.